The van der Waals surface area contributed by atoms with Crippen LogP contribution in [-0.2, 0) is 16.2 Å². The maximum absolute atomic E-state index is 13.6. The lowest BCUT2D eigenvalue weighted by molar-refractivity contribution is -0.130. The number of hydrogen-bond donors (Lipinski definition) is 2. The first-order valence-electron chi connectivity index (χ1n) is 13.8. The summed E-state index contributed by atoms with van der Waals surface area (Å²) >= 11 is 18.7. The van der Waals surface area contributed by atoms with Crippen molar-refractivity contribution in [1.29, 1.82) is 0 Å². The van der Waals surface area contributed by atoms with Gasteiger partial charge in [0.25, 0.3) is 5.91 Å². The molecule has 0 unspecified atom stereocenters. The van der Waals surface area contributed by atoms with Crippen molar-refractivity contribution in [2.75, 3.05) is 7.11 Å². The minimum absolute atomic E-state index is 0.146. The predicted molar refractivity (Wildman–Crippen MR) is 176 cm³/mol. The molecule has 44 heavy (non-hydrogen) atoms. The Morgan fingerprint density at radius 2 is 1.48 bits per heavy atom. The molecule has 4 aromatic carbocycles. The molecule has 2 N–H and O–H groups in total. The molecule has 2 amide bonds. The molecule has 228 valence electrons. The molecule has 0 radical (unpaired) electrons. The fourth-order valence-electron chi connectivity index (χ4n) is 4.54. The molecule has 0 saturated carbocycles. The number of amides is 2. The summed E-state index contributed by atoms with van der Waals surface area (Å²) in [5, 5.41) is 8.32. The van der Waals surface area contributed by atoms with Crippen molar-refractivity contribution in [3.8, 4) is 11.5 Å². The Bertz CT molecular complexity index is 1580. The van der Waals surface area contributed by atoms with Crippen LogP contribution in [0.25, 0.3) is 0 Å². The van der Waals surface area contributed by atoms with E-state index in [-0.39, 0.29) is 23.5 Å². The molecule has 10 heteroatoms. The van der Waals surface area contributed by atoms with Gasteiger partial charge in [0, 0.05) is 15.6 Å². The van der Waals surface area contributed by atoms with Crippen LogP contribution in [-0.4, -0.2) is 31.2 Å². The van der Waals surface area contributed by atoms with Crippen LogP contribution < -0.4 is 20.2 Å². The molecule has 4 aromatic rings. The highest BCUT2D eigenvalue weighted by Gasteiger charge is 2.29. The van der Waals surface area contributed by atoms with Gasteiger partial charge in [0.15, 0.2) is 11.5 Å². The smallest absolute Gasteiger partial charge is 0.262 e. The molecule has 0 aliphatic rings. The number of rotatable bonds is 12. The van der Waals surface area contributed by atoms with E-state index in [1.54, 1.807) is 30.3 Å². The zero-order valence-corrected chi connectivity index (χ0v) is 26.7. The maximum Gasteiger partial charge on any atom is 0.262 e. The molecule has 0 aliphatic carbocycles. The maximum atomic E-state index is 13.6. The normalized spacial score (nSPS) is 11.9. The fourth-order valence-corrected chi connectivity index (χ4v) is 5.28. The summed E-state index contributed by atoms with van der Waals surface area (Å²) in [5.74, 6) is -0.831. The Morgan fingerprint density at radius 1 is 0.841 bits per heavy atom. The number of hydrogen-bond acceptors (Lipinski definition) is 5. The summed E-state index contributed by atoms with van der Waals surface area (Å²) in [5.41, 5.74) is 5.48. The molecule has 7 nitrogen and oxygen atoms in total. The molecule has 0 aromatic heterocycles. The predicted octanol–water partition coefficient (Wildman–Crippen LogP) is 7.66. The summed E-state index contributed by atoms with van der Waals surface area (Å²) in [6.07, 6.45) is 1.43. The first-order valence-corrected chi connectivity index (χ1v) is 15.0. The van der Waals surface area contributed by atoms with E-state index in [4.69, 9.17) is 44.3 Å². The SMILES string of the molecule is COc1cc(/C=N\NC(=O)[C@H](NC(=O)C(c2ccccc2)c2ccccc2)C(C)C)cc(Cl)c1OCc1ccc(Cl)cc1Cl. The third-order valence-electron chi connectivity index (χ3n) is 6.80. The number of nitrogens with one attached hydrogen (secondary N) is 2. The molecular formula is C34H32Cl3N3O4. The van der Waals surface area contributed by atoms with Crippen molar-refractivity contribution < 1.29 is 19.1 Å². The van der Waals surface area contributed by atoms with Crippen LogP contribution in [0.2, 0.25) is 15.1 Å². The van der Waals surface area contributed by atoms with Gasteiger partial charge in [-0.3, -0.25) is 9.59 Å². The summed E-state index contributed by atoms with van der Waals surface area (Å²) in [6, 6.07) is 26.5. The van der Waals surface area contributed by atoms with Crippen molar-refractivity contribution in [3.05, 3.63) is 128 Å². The van der Waals surface area contributed by atoms with Crippen LogP contribution in [0.5, 0.6) is 11.5 Å². The third kappa shape index (κ3) is 8.53. The van der Waals surface area contributed by atoms with Crippen molar-refractivity contribution in [3.63, 3.8) is 0 Å². The van der Waals surface area contributed by atoms with Crippen molar-refractivity contribution in [2.24, 2.45) is 11.0 Å². The second-order valence-corrected chi connectivity index (χ2v) is 11.5. The highest BCUT2D eigenvalue weighted by atomic mass is 35.5. The Hall–Kier alpha value is -4.04. The molecule has 0 saturated heterocycles. The van der Waals surface area contributed by atoms with E-state index in [1.165, 1.54) is 13.3 Å². The average Bonchev–Trinajstić information content (AvgIpc) is 3.01. The number of carbonyl (C=O) groups excluding carboxylic acids is 2. The average molecular weight is 653 g/mol. The van der Waals surface area contributed by atoms with E-state index in [0.717, 1.165) is 16.7 Å². The van der Waals surface area contributed by atoms with Gasteiger partial charge >= 0.3 is 0 Å². The Labute approximate surface area is 272 Å². The molecule has 1 atom stereocenters. The monoisotopic (exact) mass is 651 g/mol. The summed E-state index contributed by atoms with van der Waals surface area (Å²) in [7, 11) is 1.49. The largest absolute Gasteiger partial charge is 0.493 e. The lowest BCUT2D eigenvalue weighted by atomic mass is 9.89. The molecule has 4 rings (SSSR count). The lowest BCUT2D eigenvalue weighted by Crippen LogP contribution is -2.50. The number of nitrogens with zero attached hydrogens (tertiary/aromatic N) is 1. The van der Waals surface area contributed by atoms with Gasteiger partial charge in [-0.05, 0) is 46.9 Å². The standard InChI is InChI=1S/C34H32Cl3N3O4/c1-21(2)31(39-33(41)30(23-10-6-4-7-11-23)24-12-8-5-9-13-24)34(42)40-38-19-22-16-28(37)32(29(17-22)43-3)44-20-25-14-15-26(35)18-27(25)36/h4-19,21,30-31H,20H2,1-3H3,(H,39,41)(H,40,42)/b38-19-/t31-/m1/s1. The van der Waals surface area contributed by atoms with Gasteiger partial charge in [0.2, 0.25) is 5.91 Å². The van der Waals surface area contributed by atoms with E-state index in [2.05, 4.69) is 15.8 Å². The summed E-state index contributed by atoms with van der Waals surface area (Å²) in [4.78, 5) is 26.8. The summed E-state index contributed by atoms with van der Waals surface area (Å²) in [6.45, 7) is 3.86. The van der Waals surface area contributed by atoms with E-state index in [0.29, 0.717) is 27.1 Å². The number of carbonyl (C=O) groups is 2. The van der Waals surface area contributed by atoms with Crippen LogP contribution in [0.4, 0.5) is 0 Å². The molecule has 0 aliphatic heterocycles. The molecule has 0 fully saturated rings. The first-order chi connectivity index (χ1) is 21.2. The van der Waals surface area contributed by atoms with Crippen LogP contribution in [0.3, 0.4) is 0 Å². The topological polar surface area (TPSA) is 89.0 Å². The Morgan fingerprint density at radius 3 is 2.05 bits per heavy atom. The number of hydrazone groups is 1. The Balaban J connectivity index is 1.45. The van der Waals surface area contributed by atoms with Crippen LogP contribution in [0.15, 0.2) is 96.1 Å². The highest BCUT2D eigenvalue weighted by molar-refractivity contribution is 6.35. The zero-order valence-electron chi connectivity index (χ0n) is 24.4. The van der Waals surface area contributed by atoms with Crippen molar-refractivity contribution in [1.82, 2.24) is 10.7 Å². The van der Waals surface area contributed by atoms with Crippen LogP contribution >= 0.6 is 34.8 Å². The number of methoxy groups -OCH3 is 1. The second kappa shape index (κ2) is 15.6. The van der Waals surface area contributed by atoms with Gasteiger partial charge in [0.05, 0.1) is 24.3 Å². The highest BCUT2D eigenvalue weighted by Crippen LogP contribution is 2.37. The summed E-state index contributed by atoms with van der Waals surface area (Å²) < 4.78 is 11.4. The van der Waals surface area contributed by atoms with Crippen LogP contribution in [0.1, 0.15) is 42.0 Å². The van der Waals surface area contributed by atoms with E-state index >= 15 is 0 Å². The quantitative estimate of drug-likeness (QED) is 0.122. The number of benzene rings is 4. The van der Waals surface area contributed by atoms with E-state index in [1.807, 2.05) is 74.5 Å². The van der Waals surface area contributed by atoms with Gasteiger partial charge in [0.1, 0.15) is 12.6 Å². The lowest BCUT2D eigenvalue weighted by Gasteiger charge is -2.24. The molecule has 0 bridgehead atoms. The van der Waals surface area contributed by atoms with E-state index in [9.17, 15) is 9.59 Å². The molecular weight excluding hydrogens is 621 g/mol. The van der Waals surface area contributed by atoms with Crippen molar-refractivity contribution >= 4 is 52.8 Å². The Kier molecular flexibility index (Phi) is 11.7. The number of halogens is 3. The first kappa shape index (κ1) is 32.9. The van der Waals surface area contributed by atoms with Crippen LogP contribution in [0, 0.1) is 5.92 Å². The van der Waals surface area contributed by atoms with Crippen molar-refractivity contribution in [2.45, 2.75) is 32.4 Å². The molecule has 0 heterocycles. The fraction of sp³-hybridized carbons (Fsp3) is 0.206. The van der Waals surface area contributed by atoms with Gasteiger partial charge in [-0.1, -0.05) is 115 Å². The van der Waals surface area contributed by atoms with Gasteiger partial charge in [-0.2, -0.15) is 5.10 Å². The molecule has 0 spiro atoms. The third-order valence-corrected chi connectivity index (χ3v) is 7.67. The van der Waals surface area contributed by atoms with Gasteiger partial charge in [-0.15, -0.1) is 0 Å². The zero-order chi connectivity index (χ0) is 31.6. The second-order valence-electron chi connectivity index (χ2n) is 10.3. The minimum atomic E-state index is -0.830. The number of ether oxygens (including phenoxy) is 2. The minimum Gasteiger partial charge on any atom is -0.493 e. The van der Waals surface area contributed by atoms with E-state index < -0.39 is 17.9 Å². The van der Waals surface area contributed by atoms with Gasteiger partial charge < -0.3 is 14.8 Å². The van der Waals surface area contributed by atoms with Gasteiger partial charge in [-0.25, -0.2) is 5.43 Å².